The van der Waals surface area contributed by atoms with Crippen molar-refractivity contribution in [1.82, 2.24) is 19.8 Å². The van der Waals surface area contributed by atoms with Crippen LogP contribution < -0.4 is 11.1 Å². The molecule has 2 heterocycles. The zero-order valence-electron chi connectivity index (χ0n) is 15.2. The van der Waals surface area contributed by atoms with Crippen LogP contribution >= 0.6 is 0 Å². The van der Waals surface area contributed by atoms with Crippen LogP contribution in [0.5, 0.6) is 0 Å². The number of nitrogens with zero attached hydrogens (tertiary/aromatic N) is 3. The van der Waals surface area contributed by atoms with E-state index >= 15 is 0 Å². The Morgan fingerprint density at radius 1 is 1.38 bits per heavy atom. The zero-order chi connectivity index (χ0) is 17.3. The Morgan fingerprint density at radius 2 is 2.08 bits per heavy atom. The van der Waals surface area contributed by atoms with Crippen molar-refractivity contribution in [3.63, 3.8) is 0 Å². The summed E-state index contributed by atoms with van der Waals surface area (Å²) >= 11 is 0. The number of nitrogens with two attached hydrogens (primary N) is 1. The van der Waals surface area contributed by atoms with Crippen molar-refractivity contribution >= 4 is 6.03 Å². The van der Waals surface area contributed by atoms with Gasteiger partial charge in [-0.1, -0.05) is 13.8 Å². The number of rotatable bonds is 3. The van der Waals surface area contributed by atoms with E-state index in [1.165, 1.54) is 25.7 Å². The van der Waals surface area contributed by atoms with Crippen LogP contribution in [0.1, 0.15) is 51.1 Å². The first-order chi connectivity index (χ1) is 11.3. The molecule has 2 atom stereocenters. The molecule has 0 bridgehead atoms. The van der Waals surface area contributed by atoms with Gasteiger partial charge in [0.15, 0.2) is 0 Å². The summed E-state index contributed by atoms with van der Waals surface area (Å²) in [6, 6.07) is -0.0187. The van der Waals surface area contributed by atoms with Crippen LogP contribution in [0.3, 0.4) is 0 Å². The summed E-state index contributed by atoms with van der Waals surface area (Å²) in [5.41, 5.74) is 7.70. The van der Waals surface area contributed by atoms with Gasteiger partial charge in [-0.2, -0.15) is 0 Å². The average molecular weight is 333 g/mol. The minimum absolute atomic E-state index is 0.0220. The fraction of sp³-hybridized carbons (Fsp3) is 0.778. The summed E-state index contributed by atoms with van der Waals surface area (Å²) in [7, 11) is 1.95. The second-order valence-corrected chi connectivity index (χ2v) is 8.43. The predicted molar refractivity (Wildman–Crippen MR) is 94.6 cm³/mol. The van der Waals surface area contributed by atoms with Crippen molar-refractivity contribution in [2.75, 3.05) is 19.6 Å². The maximum atomic E-state index is 12.5. The highest BCUT2D eigenvalue weighted by atomic mass is 16.2. The zero-order valence-corrected chi connectivity index (χ0v) is 15.2. The normalized spacial score (nSPS) is 27.4. The lowest BCUT2D eigenvalue weighted by Crippen LogP contribution is -2.42. The van der Waals surface area contributed by atoms with Crippen LogP contribution in [0.25, 0.3) is 0 Å². The molecule has 1 aromatic heterocycles. The number of nitrogens with one attached hydrogen (secondary N) is 1. The lowest BCUT2D eigenvalue weighted by Gasteiger charge is -2.34. The standard InChI is InChI=1S/C18H31N5O/c1-18(2)6-4-13(5-7-18)8-20-17(24)23-9-14(15(19)10-23)16-11-22(3)12-21-16/h11-15H,4-10,19H2,1-3H3,(H,20,24)/t14-,15-/m1/s1. The van der Waals surface area contributed by atoms with Gasteiger partial charge in [-0.15, -0.1) is 0 Å². The third-order valence-corrected chi connectivity index (χ3v) is 5.76. The molecule has 0 spiro atoms. The lowest BCUT2D eigenvalue weighted by atomic mass is 9.73. The van der Waals surface area contributed by atoms with E-state index in [1.54, 1.807) is 6.33 Å². The van der Waals surface area contributed by atoms with Crippen molar-refractivity contribution in [2.24, 2.45) is 24.1 Å². The van der Waals surface area contributed by atoms with Crippen LogP contribution in [-0.2, 0) is 7.05 Å². The molecule has 1 aromatic rings. The monoisotopic (exact) mass is 333 g/mol. The Balaban J connectivity index is 1.48. The minimum atomic E-state index is -0.0406. The summed E-state index contributed by atoms with van der Waals surface area (Å²) in [6.45, 7) is 6.72. The van der Waals surface area contributed by atoms with Crippen LogP contribution in [0.15, 0.2) is 12.5 Å². The quantitative estimate of drug-likeness (QED) is 0.889. The molecule has 0 aromatic carbocycles. The van der Waals surface area contributed by atoms with Gasteiger partial charge < -0.3 is 20.5 Å². The molecule has 2 amide bonds. The van der Waals surface area contributed by atoms with Gasteiger partial charge in [-0.3, -0.25) is 0 Å². The number of likely N-dealkylation sites (tertiary alicyclic amines) is 1. The fourth-order valence-corrected chi connectivity index (χ4v) is 3.94. The maximum absolute atomic E-state index is 12.5. The molecule has 1 saturated heterocycles. The van der Waals surface area contributed by atoms with E-state index in [-0.39, 0.29) is 18.0 Å². The van der Waals surface area contributed by atoms with E-state index in [1.807, 2.05) is 22.7 Å². The highest BCUT2D eigenvalue weighted by Gasteiger charge is 2.35. The van der Waals surface area contributed by atoms with Crippen molar-refractivity contribution in [3.8, 4) is 0 Å². The molecule has 2 aliphatic rings. The van der Waals surface area contributed by atoms with Crippen molar-refractivity contribution < 1.29 is 4.79 Å². The number of aryl methyl sites for hydroxylation is 1. The molecule has 1 aliphatic heterocycles. The van der Waals surface area contributed by atoms with Gasteiger partial charge in [0.2, 0.25) is 0 Å². The van der Waals surface area contributed by atoms with Crippen LogP contribution in [0.4, 0.5) is 4.79 Å². The molecule has 6 heteroatoms. The lowest BCUT2D eigenvalue weighted by molar-refractivity contribution is 0.180. The third kappa shape index (κ3) is 3.91. The summed E-state index contributed by atoms with van der Waals surface area (Å²) < 4.78 is 1.93. The van der Waals surface area contributed by atoms with E-state index < -0.39 is 0 Å². The Bertz CT molecular complexity index is 572. The molecule has 2 fully saturated rings. The average Bonchev–Trinajstić information content (AvgIpc) is 3.11. The number of carbonyl (C=O) groups excluding carboxylic acids is 1. The van der Waals surface area contributed by atoms with Crippen LogP contribution in [0, 0.1) is 11.3 Å². The predicted octanol–water partition coefficient (Wildman–Crippen LogP) is 2.07. The molecular weight excluding hydrogens is 302 g/mol. The first-order valence-corrected chi connectivity index (χ1v) is 9.10. The molecule has 24 heavy (non-hydrogen) atoms. The number of imidazole rings is 1. The fourth-order valence-electron chi connectivity index (χ4n) is 3.94. The number of urea groups is 1. The summed E-state index contributed by atoms with van der Waals surface area (Å²) in [5, 5.41) is 3.13. The highest BCUT2D eigenvalue weighted by Crippen LogP contribution is 2.37. The molecule has 0 radical (unpaired) electrons. The molecule has 3 rings (SSSR count). The summed E-state index contributed by atoms with van der Waals surface area (Å²) in [6.07, 6.45) is 8.71. The topological polar surface area (TPSA) is 76.2 Å². The minimum Gasteiger partial charge on any atom is -0.340 e. The first-order valence-electron chi connectivity index (χ1n) is 9.10. The Kier molecular flexibility index (Phi) is 4.85. The second-order valence-electron chi connectivity index (χ2n) is 8.43. The van der Waals surface area contributed by atoms with E-state index in [0.717, 1.165) is 12.2 Å². The molecule has 1 aliphatic carbocycles. The van der Waals surface area contributed by atoms with Gasteiger partial charge in [0.1, 0.15) is 0 Å². The van der Waals surface area contributed by atoms with Crippen LogP contribution in [0.2, 0.25) is 0 Å². The van der Waals surface area contributed by atoms with Gasteiger partial charge in [0, 0.05) is 44.8 Å². The van der Waals surface area contributed by atoms with Gasteiger partial charge in [-0.05, 0) is 37.0 Å². The largest absolute Gasteiger partial charge is 0.340 e. The Morgan fingerprint density at radius 3 is 2.71 bits per heavy atom. The Labute approximate surface area is 144 Å². The SMILES string of the molecule is Cn1cnc([C@@H]2CN(C(=O)NCC3CCC(C)(C)CC3)C[C@H]2N)c1. The van der Waals surface area contributed by atoms with E-state index in [2.05, 4.69) is 24.1 Å². The number of hydrogen-bond donors (Lipinski definition) is 2. The number of hydrogen-bond acceptors (Lipinski definition) is 3. The highest BCUT2D eigenvalue weighted by molar-refractivity contribution is 5.74. The first kappa shape index (κ1) is 17.3. The second kappa shape index (κ2) is 6.75. The number of amides is 2. The van der Waals surface area contributed by atoms with Crippen molar-refractivity contribution in [1.29, 1.82) is 0 Å². The maximum Gasteiger partial charge on any atom is 0.317 e. The third-order valence-electron chi connectivity index (χ3n) is 5.76. The van der Waals surface area contributed by atoms with Crippen molar-refractivity contribution in [2.45, 2.75) is 51.5 Å². The molecule has 3 N–H and O–H groups in total. The van der Waals surface area contributed by atoms with E-state index in [4.69, 9.17) is 5.73 Å². The number of aromatic nitrogens is 2. The van der Waals surface area contributed by atoms with Gasteiger partial charge in [0.25, 0.3) is 0 Å². The summed E-state index contributed by atoms with van der Waals surface area (Å²) in [5.74, 6) is 0.747. The molecule has 1 saturated carbocycles. The molecule has 0 unspecified atom stereocenters. The van der Waals surface area contributed by atoms with Crippen molar-refractivity contribution in [3.05, 3.63) is 18.2 Å². The van der Waals surface area contributed by atoms with Gasteiger partial charge >= 0.3 is 6.03 Å². The molecular formula is C18H31N5O. The van der Waals surface area contributed by atoms with E-state index in [0.29, 0.717) is 24.4 Å². The summed E-state index contributed by atoms with van der Waals surface area (Å²) in [4.78, 5) is 18.7. The molecule has 6 nitrogen and oxygen atoms in total. The van der Waals surface area contributed by atoms with Gasteiger partial charge in [-0.25, -0.2) is 9.78 Å². The van der Waals surface area contributed by atoms with Crippen LogP contribution in [-0.4, -0.2) is 46.2 Å². The smallest absolute Gasteiger partial charge is 0.317 e. The van der Waals surface area contributed by atoms with E-state index in [9.17, 15) is 4.79 Å². The Hall–Kier alpha value is -1.56. The number of carbonyl (C=O) groups is 1. The van der Waals surface area contributed by atoms with Gasteiger partial charge in [0.05, 0.1) is 12.0 Å². The molecule has 134 valence electrons.